The van der Waals surface area contributed by atoms with Crippen molar-refractivity contribution in [3.8, 4) is 5.75 Å². The Morgan fingerprint density at radius 3 is 2.05 bits per heavy atom. The molecule has 3 aromatic rings. The van der Waals surface area contributed by atoms with Crippen LogP contribution in [0.5, 0.6) is 5.75 Å². The Labute approximate surface area is 220 Å². The van der Waals surface area contributed by atoms with Crippen LogP contribution in [0.3, 0.4) is 0 Å². The molecule has 0 unspecified atom stereocenters. The quantitative estimate of drug-likeness (QED) is 0.359. The zero-order valence-electron chi connectivity index (χ0n) is 21.9. The van der Waals surface area contributed by atoms with Crippen molar-refractivity contribution in [1.82, 2.24) is 10.2 Å². The molecular weight excluding hydrogens is 460 g/mol. The first kappa shape index (κ1) is 26.5. The third-order valence-electron chi connectivity index (χ3n) is 7.08. The van der Waals surface area contributed by atoms with Gasteiger partial charge in [-0.3, -0.25) is 9.59 Å². The van der Waals surface area contributed by atoms with Gasteiger partial charge in [0.25, 0.3) is 5.91 Å². The number of benzene rings is 3. The molecule has 0 aliphatic heterocycles. The lowest BCUT2D eigenvalue weighted by Gasteiger charge is -2.32. The summed E-state index contributed by atoms with van der Waals surface area (Å²) in [6.45, 7) is 4.50. The van der Waals surface area contributed by atoms with Gasteiger partial charge in [-0.05, 0) is 47.6 Å². The zero-order valence-corrected chi connectivity index (χ0v) is 21.9. The van der Waals surface area contributed by atoms with Gasteiger partial charge >= 0.3 is 0 Å². The summed E-state index contributed by atoms with van der Waals surface area (Å²) in [4.78, 5) is 29.0. The summed E-state index contributed by atoms with van der Waals surface area (Å²) in [6, 6.07) is 27.1. The number of carbonyl (C=O) groups excluding carboxylic acids is 2. The Balaban J connectivity index is 1.56. The molecule has 194 valence electrons. The van der Waals surface area contributed by atoms with Crippen molar-refractivity contribution in [1.29, 1.82) is 0 Å². The second-order valence-corrected chi connectivity index (χ2v) is 10.2. The summed E-state index contributed by atoms with van der Waals surface area (Å²) in [5.41, 5.74) is 3.21. The zero-order chi connectivity index (χ0) is 26.0. The van der Waals surface area contributed by atoms with E-state index in [1.165, 1.54) is 5.56 Å². The van der Waals surface area contributed by atoms with Crippen molar-refractivity contribution < 1.29 is 14.3 Å². The fraction of sp³-hybridized carbons (Fsp3) is 0.375. The highest BCUT2D eigenvalue weighted by atomic mass is 16.5. The molecule has 0 spiro atoms. The molecule has 2 amide bonds. The number of rotatable bonds is 11. The van der Waals surface area contributed by atoms with Crippen molar-refractivity contribution in [2.24, 2.45) is 0 Å². The van der Waals surface area contributed by atoms with E-state index in [0.29, 0.717) is 24.6 Å². The van der Waals surface area contributed by atoms with Crippen LogP contribution in [0.25, 0.3) is 0 Å². The van der Waals surface area contributed by atoms with Crippen LogP contribution in [0.1, 0.15) is 62.1 Å². The summed E-state index contributed by atoms with van der Waals surface area (Å²) in [7, 11) is 0. The largest absolute Gasteiger partial charge is 0.484 e. The maximum Gasteiger partial charge on any atom is 0.261 e. The minimum atomic E-state index is -0.636. The van der Waals surface area contributed by atoms with Crippen LogP contribution in [-0.2, 0) is 22.6 Å². The lowest BCUT2D eigenvalue weighted by atomic mass is 10.0. The average Bonchev–Trinajstić information content (AvgIpc) is 3.43. The predicted octanol–water partition coefficient (Wildman–Crippen LogP) is 5.89. The van der Waals surface area contributed by atoms with Crippen LogP contribution in [-0.4, -0.2) is 35.4 Å². The number of ether oxygens (including phenoxy) is 1. The van der Waals surface area contributed by atoms with Crippen LogP contribution in [0.4, 0.5) is 0 Å². The average molecular weight is 499 g/mol. The first-order valence-corrected chi connectivity index (χ1v) is 13.4. The molecule has 1 N–H and O–H groups in total. The summed E-state index contributed by atoms with van der Waals surface area (Å²) in [6.07, 6.45) is 4.69. The number of nitrogens with one attached hydrogen (secondary N) is 1. The molecule has 1 fully saturated rings. The highest BCUT2D eigenvalue weighted by molar-refractivity contribution is 5.88. The van der Waals surface area contributed by atoms with Crippen LogP contribution >= 0.6 is 0 Å². The summed E-state index contributed by atoms with van der Waals surface area (Å²) in [5.74, 6) is 0.766. The van der Waals surface area contributed by atoms with Gasteiger partial charge in [0.05, 0.1) is 0 Å². The summed E-state index contributed by atoms with van der Waals surface area (Å²) < 4.78 is 5.91. The fourth-order valence-electron chi connectivity index (χ4n) is 4.88. The van der Waals surface area contributed by atoms with E-state index in [1.54, 1.807) is 4.90 Å². The van der Waals surface area contributed by atoms with Crippen molar-refractivity contribution >= 4 is 11.8 Å². The number of hydrogen-bond donors (Lipinski definition) is 1. The maximum atomic E-state index is 13.7. The first-order chi connectivity index (χ1) is 18.0. The Morgan fingerprint density at radius 1 is 0.865 bits per heavy atom. The summed E-state index contributed by atoms with van der Waals surface area (Å²) in [5, 5.41) is 3.24. The maximum absolute atomic E-state index is 13.7. The van der Waals surface area contributed by atoms with E-state index in [-0.39, 0.29) is 24.5 Å². The monoisotopic (exact) mass is 498 g/mol. The second-order valence-electron chi connectivity index (χ2n) is 10.2. The molecule has 0 aromatic heterocycles. The van der Waals surface area contributed by atoms with E-state index in [4.69, 9.17) is 4.74 Å². The standard InChI is InChI=1S/C32H38N2O3/c1-24(2)27-17-19-29(20-18-27)37-23-31(35)34(22-26-13-7-4-8-14-26)30(21-25-11-5-3-6-12-25)32(36)33-28-15-9-10-16-28/h3-8,11-14,17-20,24,28,30H,9-10,15-16,21-23H2,1-2H3,(H,33,36)/t30-/m0/s1. The lowest BCUT2D eigenvalue weighted by Crippen LogP contribution is -2.53. The molecule has 1 saturated carbocycles. The number of hydrogen-bond acceptors (Lipinski definition) is 3. The molecule has 3 aromatic carbocycles. The molecular formula is C32H38N2O3. The molecule has 0 radical (unpaired) electrons. The molecule has 4 rings (SSSR count). The van der Waals surface area contributed by atoms with Crippen LogP contribution < -0.4 is 10.1 Å². The van der Waals surface area contributed by atoms with Crippen LogP contribution in [0.15, 0.2) is 84.9 Å². The number of nitrogens with zero attached hydrogens (tertiary/aromatic N) is 1. The van der Waals surface area contributed by atoms with Crippen LogP contribution in [0, 0.1) is 0 Å². The normalized spacial score (nSPS) is 14.4. The summed E-state index contributed by atoms with van der Waals surface area (Å²) >= 11 is 0. The third-order valence-corrected chi connectivity index (χ3v) is 7.08. The van der Waals surface area contributed by atoms with Gasteiger partial charge in [-0.25, -0.2) is 0 Å². The van der Waals surface area contributed by atoms with Crippen molar-refractivity contribution in [3.05, 3.63) is 102 Å². The smallest absolute Gasteiger partial charge is 0.261 e. The van der Waals surface area contributed by atoms with Gasteiger partial charge in [-0.2, -0.15) is 0 Å². The van der Waals surface area contributed by atoms with Crippen molar-refractivity contribution in [2.75, 3.05) is 6.61 Å². The van der Waals surface area contributed by atoms with E-state index in [0.717, 1.165) is 36.8 Å². The van der Waals surface area contributed by atoms with Gasteiger partial charge < -0.3 is 15.0 Å². The molecule has 1 atom stereocenters. The topological polar surface area (TPSA) is 58.6 Å². The Kier molecular flexibility index (Phi) is 9.36. The Morgan fingerprint density at radius 2 is 1.46 bits per heavy atom. The number of amides is 2. The third kappa shape index (κ3) is 7.69. The molecule has 1 aliphatic carbocycles. The Hall–Kier alpha value is -3.60. The van der Waals surface area contributed by atoms with Gasteiger partial charge in [0.15, 0.2) is 6.61 Å². The van der Waals surface area contributed by atoms with E-state index in [9.17, 15) is 9.59 Å². The minimum absolute atomic E-state index is 0.0960. The molecule has 0 heterocycles. The van der Waals surface area contributed by atoms with Crippen LogP contribution in [0.2, 0.25) is 0 Å². The van der Waals surface area contributed by atoms with Gasteiger partial charge in [0, 0.05) is 19.0 Å². The second kappa shape index (κ2) is 13.1. The molecule has 5 heteroatoms. The van der Waals surface area contributed by atoms with Crippen molar-refractivity contribution in [3.63, 3.8) is 0 Å². The van der Waals surface area contributed by atoms with E-state index >= 15 is 0 Å². The van der Waals surface area contributed by atoms with Gasteiger partial charge in [0.1, 0.15) is 11.8 Å². The lowest BCUT2D eigenvalue weighted by molar-refractivity contribution is -0.143. The fourth-order valence-corrected chi connectivity index (χ4v) is 4.88. The van der Waals surface area contributed by atoms with E-state index in [2.05, 4.69) is 19.2 Å². The highest BCUT2D eigenvalue weighted by Gasteiger charge is 2.32. The Bertz CT molecular complexity index is 1120. The predicted molar refractivity (Wildman–Crippen MR) is 147 cm³/mol. The molecule has 0 bridgehead atoms. The SMILES string of the molecule is CC(C)c1ccc(OCC(=O)N(Cc2ccccc2)[C@@H](Cc2ccccc2)C(=O)NC2CCCC2)cc1. The van der Waals surface area contributed by atoms with E-state index in [1.807, 2.05) is 84.9 Å². The van der Waals surface area contributed by atoms with Gasteiger partial charge in [-0.1, -0.05) is 99.5 Å². The first-order valence-electron chi connectivity index (χ1n) is 13.4. The number of carbonyl (C=O) groups is 2. The molecule has 37 heavy (non-hydrogen) atoms. The van der Waals surface area contributed by atoms with Gasteiger partial charge in [0.2, 0.25) is 5.91 Å². The van der Waals surface area contributed by atoms with Crippen molar-refractivity contribution in [2.45, 2.75) is 70.5 Å². The molecule has 1 aliphatic rings. The van der Waals surface area contributed by atoms with E-state index < -0.39 is 6.04 Å². The highest BCUT2D eigenvalue weighted by Crippen LogP contribution is 2.21. The molecule has 0 saturated heterocycles. The minimum Gasteiger partial charge on any atom is -0.484 e. The van der Waals surface area contributed by atoms with Gasteiger partial charge in [-0.15, -0.1) is 0 Å². The molecule has 5 nitrogen and oxygen atoms in total.